The summed E-state index contributed by atoms with van der Waals surface area (Å²) in [6.45, 7) is 2.69. The number of carbonyl (C=O) groups is 1. The van der Waals surface area contributed by atoms with Gasteiger partial charge in [-0.3, -0.25) is 9.78 Å². The quantitative estimate of drug-likeness (QED) is 0.806. The van der Waals surface area contributed by atoms with E-state index in [1.165, 1.54) is 0 Å². The van der Waals surface area contributed by atoms with Crippen LogP contribution < -0.4 is 5.73 Å². The number of nitrogens with two attached hydrogens (primary N) is 1. The van der Waals surface area contributed by atoms with Crippen LogP contribution >= 0.6 is 0 Å². The second-order valence-electron chi connectivity index (χ2n) is 4.23. The van der Waals surface area contributed by atoms with Gasteiger partial charge in [0.05, 0.1) is 6.04 Å². The van der Waals surface area contributed by atoms with Crippen LogP contribution in [0, 0.1) is 0 Å². The molecule has 0 aromatic carbocycles. The van der Waals surface area contributed by atoms with Crippen molar-refractivity contribution < 1.29 is 4.79 Å². The van der Waals surface area contributed by atoms with Gasteiger partial charge in [-0.25, -0.2) is 0 Å². The lowest BCUT2D eigenvalue weighted by Gasteiger charge is -2.20. The molecule has 0 aliphatic carbocycles. The van der Waals surface area contributed by atoms with Crippen molar-refractivity contribution >= 4 is 5.91 Å². The van der Waals surface area contributed by atoms with Crippen LogP contribution in [0.25, 0.3) is 0 Å². The Hall–Kier alpha value is -1.42. The Labute approximate surface area is 103 Å². The molecular formula is C13H21N3O. The number of amides is 1. The summed E-state index contributed by atoms with van der Waals surface area (Å²) in [6, 6.07) is 5.43. The molecule has 1 unspecified atom stereocenters. The second-order valence-corrected chi connectivity index (χ2v) is 4.23. The molecule has 0 fully saturated rings. The van der Waals surface area contributed by atoms with Crippen LogP contribution in [0.4, 0.5) is 0 Å². The molecule has 1 atom stereocenters. The highest BCUT2D eigenvalue weighted by molar-refractivity contribution is 5.81. The van der Waals surface area contributed by atoms with Gasteiger partial charge in [-0.1, -0.05) is 19.4 Å². The van der Waals surface area contributed by atoms with E-state index in [9.17, 15) is 4.79 Å². The monoisotopic (exact) mass is 235 g/mol. The van der Waals surface area contributed by atoms with Crippen LogP contribution in [0.15, 0.2) is 24.4 Å². The summed E-state index contributed by atoms with van der Waals surface area (Å²) in [7, 11) is 1.79. The first-order chi connectivity index (χ1) is 8.15. The maximum Gasteiger partial charge on any atom is 0.239 e. The SMILES string of the molecule is CCCC(N)C(=O)N(C)CCc1ccccn1. The number of likely N-dealkylation sites (N-methyl/N-ethyl adjacent to an activating group) is 1. The zero-order chi connectivity index (χ0) is 12.7. The van der Waals surface area contributed by atoms with Crippen molar-refractivity contribution in [3.05, 3.63) is 30.1 Å². The zero-order valence-electron chi connectivity index (χ0n) is 10.6. The van der Waals surface area contributed by atoms with Crippen molar-refractivity contribution in [2.24, 2.45) is 5.73 Å². The first-order valence-electron chi connectivity index (χ1n) is 6.05. The summed E-state index contributed by atoms with van der Waals surface area (Å²) in [5.74, 6) is 0.0165. The number of aromatic nitrogens is 1. The summed E-state index contributed by atoms with van der Waals surface area (Å²) in [6.07, 6.45) is 4.20. The third-order valence-electron chi connectivity index (χ3n) is 2.72. The Balaban J connectivity index is 2.39. The number of hydrogen-bond donors (Lipinski definition) is 1. The molecule has 17 heavy (non-hydrogen) atoms. The van der Waals surface area contributed by atoms with E-state index in [4.69, 9.17) is 5.73 Å². The average Bonchev–Trinajstić information content (AvgIpc) is 2.36. The molecule has 0 radical (unpaired) electrons. The average molecular weight is 235 g/mol. The third kappa shape index (κ3) is 4.53. The number of hydrogen-bond acceptors (Lipinski definition) is 3. The molecule has 1 aromatic rings. The molecule has 1 rings (SSSR count). The van der Waals surface area contributed by atoms with E-state index in [0.29, 0.717) is 6.54 Å². The normalized spacial score (nSPS) is 12.2. The highest BCUT2D eigenvalue weighted by Gasteiger charge is 2.16. The first-order valence-corrected chi connectivity index (χ1v) is 6.05. The van der Waals surface area contributed by atoms with Crippen LogP contribution in [0.3, 0.4) is 0 Å². The van der Waals surface area contributed by atoms with E-state index >= 15 is 0 Å². The molecule has 0 saturated heterocycles. The van der Waals surface area contributed by atoms with E-state index in [1.807, 2.05) is 25.1 Å². The highest BCUT2D eigenvalue weighted by Crippen LogP contribution is 2.01. The molecule has 0 aliphatic heterocycles. The summed E-state index contributed by atoms with van der Waals surface area (Å²) < 4.78 is 0. The minimum Gasteiger partial charge on any atom is -0.344 e. The molecule has 2 N–H and O–H groups in total. The van der Waals surface area contributed by atoms with Crippen LogP contribution in [0.2, 0.25) is 0 Å². The molecule has 4 nitrogen and oxygen atoms in total. The van der Waals surface area contributed by atoms with Crippen LogP contribution in [0.1, 0.15) is 25.5 Å². The fraction of sp³-hybridized carbons (Fsp3) is 0.538. The smallest absolute Gasteiger partial charge is 0.239 e. The molecule has 0 saturated carbocycles. The molecule has 1 amide bonds. The largest absolute Gasteiger partial charge is 0.344 e. The number of carbonyl (C=O) groups excluding carboxylic acids is 1. The van der Waals surface area contributed by atoms with Crippen LogP contribution in [0.5, 0.6) is 0 Å². The van der Waals surface area contributed by atoms with Gasteiger partial charge < -0.3 is 10.6 Å². The van der Waals surface area contributed by atoms with E-state index < -0.39 is 0 Å². The van der Waals surface area contributed by atoms with Gasteiger partial charge in [0, 0.05) is 31.9 Å². The second kappa shape index (κ2) is 7.01. The van der Waals surface area contributed by atoms with E-state index in [2.05, 4.69) is 4.98 Å². The predicted molar refractivity (Wildman–Crippen MR) is 68.5 cm³/mol. The van der Waals surface area contributed by atoms with Gasteiger partial charge >= 0.3 is 0 Å². The molecule has 0 bridgehead atoms. The van der Waals surface area contributed by atoms with Gasteiger partial charge in [-0.15, -0.1) is 0 Å². The Bertz CT molecular complexity index is 340. The highest BCUT2D eigenvalue weighted by atomic mass is 16.2. The van der Waals surface area contributed by atoms with Crippen LogP contribution in [-0.4, -0.2) is 35.4 Å². The predicted octanol–water partition coefficient (Wildman–Crippen LogP) is 1.21. The van der Waals surface area contributed by atoms with Crippen molar-refractivity contribution in [1.29, 1.82) is 0 Å². The Morgan fingerprint density at radius 3 is 2.88 bits per heavy atom. The molecular weight excluding hydrogens is 214 g/mol. The molecule has 1 heterocycles. The van der Waals surface area contributed by atoms with Gasteiger partial charge in [0.2, 0.25) is 5.91 Å². The lowest BCUT2D eigenvalue weighted by Crippen LogP contribution is -2.42. The van der Waals surface area contributed by atoms with Gasteiger partial charge in [0.15, 0.2) is 0 Å². The molecule has 0 aliphatic rings. The topological polar surface area (TPSA) is 59.2 Å². The fourth-order valence-corrected chi connectivity index (χ4v) is 1.66. The minimum absolute atomic E-state index is 0.0165. The van der Waals surface area contributed by atoms with Crippen molar-refractivity contribution in [3.8, 4) is 0 Å². The fourth-order valence-electron chi connectivity index (χ4n) is 1.66. The lowest BCUT2D eigenvalue weighted by molar-refractivity contribution is -0.131. The number of rotatable bonds is 6. The third-order valence-corrected chi connectivity index (χ3v) is 2.72. The maximum atomic E-state index is 11.8. The Kier molecular flexibility index (Phi) is 5.63. The van der Waals surface area contributed by atoms with E-state index in [1.54, 1.807) is 18.1 Å². The summed E-state index contributed by atoms with van der Waals surface area (Å²) in [5, 5.41) is 0. The van der Waals surface area contributed by atoms with Crippen molar-refractivity contribution in [2.75, 3.05) is 13.6 Å². The summed E-state index contributed by atoms with van der Waals surface area (Å²) in [4.78, 5) is 17.7. The van der Waals surface area contributed by atoms with E-state index in [0.717, 1.165) is 25.0 Å². The van der Waals surface area contributed by atoms with Gasteiger partial charge in [0.25, 0.3) is 0 Å². The Morgan fingerprint density at radius 1 is 1.53 bits per heavy atom. The Morgan fingerprint density at radius 2 is 2.29 bits per heavy atom. The molecule has 94 valence electrons. The first kappa shape index (κ1) is 13.6. The lowest BCUT2D eigenvalue weighted by atomic mass is 10.1. The summed E-state index contributed by atoms with van der Waals surface area (Å²) in [5.41, 5.74) is 6.79. The van der Waals surface area contributed by atoms with Crippen LogP contribution in [-0.2, 0) is 11.2 Å². The minimum atomic E-state index is -0.367. The van der Waals surface area contributed by atoms with Gasteiger partial charge in [-0.05, 0) is 18.6 Å². The van der Waals surface area contributed by atoms with Crippen molar-refractivity contribution in [2.45, 2.75) is 32.2 Å². The summed E-state index contributed by atoms with van der Waals surface area (Å²) >= 11 is 0. The van der Waals surface area contributed by atoms with Gasteiger partial charge in [-0.2, -0.15) is 0 Å². The molecule has 4 heteroatoms. The number of pyridine rings is 1. The maximum absolute atomic E-state index is 11.8. The van der Waals surface area contributed by atoms with Crippen molar-refractivity contribution in [1.82, 2.24) is 9.88 Å². The van der Waals surface area contributed by atoms with E-state index in [-0.39, 0.29) is 11.9 Å². The standard InChI is InChI=1S/C13H21N3O/c1-3-6-12(14)13(17)16(2)10-8-11-7-4-5-9-15-11/h4-5,7,9,12H,3,6,8,10,14H2,1-2H3. The zero-order valence-corrected chi connectivity index (χ0v) is 10.6. The van der Waals surface area contributed by atoms with Gasteiger partial charge in [0.1, 0.15) is 0 Å². The molecule has 1 aromatic heterocycles. The van der Waals surface area contributed by atoms with Crippen molar-refractivity contribution in [3.63, 3.8) is 0 Å². The number of nitrogens with zero attached hydrogens (tertiary/aromatic N) is 2. The molecule has 0 spiro atoms.